The topological polar surface area (TPSA) is 30.5 Å². The third kappa shape index (κ3) is 1.05. The van der Waals surface area contributed by atoms with Crippen molar-refractivity contribution >= 4 is 0 Å². The summed E-state index contributed by atoms with van der Waals surface area (Å²) in [4.78, 5) is 0. The molecule has 10 heavy (non-hydrogen) atoms. The fourth-order valence-corrected chi connectivity index (χ4v) is 1.52. The lowest BCUT2D eigenvalue weighted by atomic mass is 10.1. The second-order valence-corrected chi connectivity index (χ2v) is 2.96. The summed E-state index contributed by atoms with van der Waals surface area (Å²) in [6.45, 7) is 4.10. The number of hydrogen-bond donors (Lipinski definition) is 1. The fourth-order valence-electron chi connectivity index (χ4n) is 1.52. The Labute approximate surface area is 60.7 Å². The molecule has 2 rings (SSSR count). The summed E-state index contributed by atoms with van der Waals surface area (Å²) in [7, 11) is 0. The van der Waals surface area contributed by atoms with E-state index in [1.807, 2.05) is 6.92 Å². The van der Waals surface area contributed by atoms with E-state index < -0.39 is 0 Å². The summed E-state index contributed by atoms with van der Waals surface area (Å²) in [5.41, 5.74) is 0. The molecule has 0 saturated carbocycles. The monoisotopic (exact) mass is 143 g/mol. The van der Waals surface area contributed by atoms with Crippen molar-refractivity contribution in [2.45, 2.75) is 25.9 Å². The molecule has 58 valence electrons. The highest BCUT2D eigenvalue weighted by atomic mass is 16.9. The van der Waals surface area contributed by atoms with Crippen molar-refractivity contribution in [3.05, 3.63) is 0 Å². The van der Waals surface area contributed by atoms with Crippen molar-refractivity contribution in [2.24, 2.45) is 5.92 Å². The van der Waals surface area contributed by atoms with E-state index in [1.165, 1.54) is 6.42 Å². The minimum atomic E-state index is 0.0330. The Morgan fingerprint density at radius 1 is 1.40 bits per heavy atom. The third-order valence-electron chi connectivity index (χ3n) is 2.13. The predicted molar refractivity (Wildman–Crippen MR) is 36.4 cm³/mol. The molecule has 0 aromatic carbocycles. The van der Waals surface area contributed by atoms with Gasteiger partial charge in [-0.25, -0.2) is 0 Å². The van der Waals surface area contributed by atoms with Crippen LogP contribution in [0.2, 0.25) is 0 Å². The van der Waals surface area contributed by atoms with Gasteiger partial charge in [0.25, 0.3) is 0 Å². The highest BCUT2D eigenvalue weighted by Gasteiger charge is 2.35. The van der Waals surface area contributed by atoms with E-state index in [-0.39, 0.29) is 12.6 Å². The molecule has 0 amide bonds. The van der Waals surface area contributed by atoms with Crippen molar-refractivity contribution in [1.82, 2.24) is 5.32 Å². The molecule has 1 atom stereocenters. The lowest BCUT2D eigenvalue weighted by molar-refractivity contribution is -0.390. The zero-order valence-corrected chi connectivity index (χ0v) is 6.17. The molecule has 0 unspecified atom stereocenters. The van der Waals surface area contributed by atoms with Gasteiger partial charge in [0.15, 0.2) is 12.6 Å². The average molecular weight is 143 g/mol. The number of hydrogen-bond acceptors (Lipinski definition) is 3. The van der Waals surface area contributed by atoms with E-state index in [4.69, 9.17) is 9.47 Å². The first-order valence-electron chi connectivity index (χ1n) is 3.88. The minimum absolute atomic E-state index is 0.0330. The van der Waals surface area contributed by atoms with Gasteiger partial charge >= 0.3 is 0 Å². The van der Waals surface area contributed by atoms with Crippen LogP contribution in [-0.4, -0.2) is 25.7 Å². The highest BCUT2D eigenvalue weighted by molar-refractivity contribution is 4.76. The van der Waals surface area contributed by atoms with Gasteiger partial charge in [-0.15, -0.1) is 0 Å². The van der Waals surface area contributed by atoms with Gasteiger partial charge in [-0.2, -0.15) is 0 Å². The van der Waals surface area contributed by atoms with E-state index in [2.05, 4.69) is 5.32 Å². The zero-order valence-electron chi connectivity index (χ0n) is 6.17. The lowest BCUT2D eigenvalue weighted by Crippen LogP contribution is -2.44. The Bertz CT molecular complexity index is 117. The molecule has 3 heteroatoms. The largest absolute Gasteiger partial charge is 0.324 e. The third-order valence-corrected chi connectivity index (χ3v) is 2.13. The van der Waals surface area contributed by atoms with Gasteiger partial charge in [-0.1, -0.05) is 0 Å². The molecule has 0 aromatic rings. The molecule has 2 aliphatic heterocycles. The summed E-state index contributed by atoms with van der Waals surface area (Å²) in [5.74, 6) is 0.594. The van der Waals surface area contributed by atoms with E-state index in [0.717, 1.165) is 13.1 Å². The van der Waals surface area contributed by atoms with E-state index in [0.29, 0.717) is 5.92 Å². The average Bonchev–Trinajstić information content (AvgIpc) is 2.31. The molecule has 2 aliphatic rings. The van der Waals surface area contributed by atoms with Crippen LogP contribution in [0.1, 0.15) is 13.3 Å². The summed E-state index contributed by atoms with van der Waals surface area (Å²) in [6, 6.07) is 0. The second-order valence-electron chi connectivity index (χ2n) is 2.96. The molecule has 3 nitrogen and oxygen atoms in total. The molecule has 0 aromatic heterocycles. The zero-order chi connectivity index (χ0) is 6.97. The van der Waals surface area contributed by atoms with Crippen LogP contribution in [0.15, 0.2) is 0 Å². The van der Waals surface area contributed by atoms with Crippen LogP contribution in [0.4, 0.5) is 0 Å². The maximum Gasteiger partial charge on any atom is 0.167 e. The van der Waals surface area contributed by atoms with Crippen molar-refractivity contribution in [3.8, 4) is 0 Å². The standard InChI is InChI=1S/C7H13NO2/c1-5-9-7(10-5)6-2-3-8-4-6/h5-8H,2-4H2,1H3/t5?,6-,7?/m1/s1. The molecule has 0 spiro atoms. The molecule has 2 heterocycles. The fraction of sp³-hybridized carbons (Fsp3) is 1.00. The summed E-state index contributed by atoms with van der Waals surface area (Å²) < 4.78 is 10.7. The first-order chi connectivity index (χ1) is 4.86. The maximum atomic E-state index is 5.36. The molecule has 2 saturated heterocycles. The molecular weight excluding hydrogens is 130 g/mol. The SMILES string of the molecule is CC1OC([C@@H]2CCNC2)O1. The summed E-state index contributed by atoms with van der Waals surface area (Å²) >= 11 is 0. The van der Waals surface area contributed by atoms with E-state index >= 15 is 0 Å². The Kier molecular flexibility index (Phi) is 1.64. The number of rotatable bonds is 1. The quantitative estimate of drug-likeness (QED) is 0.573. The normalized spacial score (nSPS) is 47.1. The van der Waals surface area contributed by atoms with Gasteiger partial charge in [0.1, 0.15) is 0 Å². The Hall–Kier alpha value is -0.120. The van der Waals surface area contributed by atoms with Crippen LogP contribution in [-0.2, 0) is 9.47 Å². The molecule has 2 fully saturated rings. The van der Waals surface area contributed by atoms with Crippen LogP contribution < -0.4 is 5.32 Å². The van der Waals surface area contributed by atoms with E-state index in [1.54, 1.807) is 0 Å². The number of ether oxygens (including phenoxy) is 2. The van der Waals surface area contributed by atoms with Gasteiger partial charge in [0.05, 0.1) is 0 Å². The van der Waals surface area contributed by atoms with Crippen LogP contribution in [0.5, 0.6) is 0 Å². The van der Waals surface area contributed by atoms with Crippen LogP contribution in [0.25, 0.3) is 0 Å². The van der Waals surface area contributed by atoms with Gasteiger partial charge in [-0.05, 0) is 19.9 Å². The second kappa shape index (κ2) is 2.49. The first kappa shape index (κ1) is 6.58. The van der Waals surface area contributed by atoms with Crippen LogP contribution >= 0.6 is 0 Å². The minimum Gasteiger partial charge on any atom is -0.324 e. The Balaban J connectivity index is 1.78. The maximum absolute atomic E-state index is 5.36. The van der Waals surface area contributed by atoms with Crippen molar-refractivity contribution < 1.29 is 9.47 Å². The lowest BCUT2D eigenvalue weighted by Gasteiger charge is -2.37. The number of nitrogens with one attached hydrogen (secondary N) is 1. The van der Waals surface area contributed by atoms with Gasteiger partial charge in [0.2, 0.25) is 0 Å². The summed E-state index contributed by atoms with van der Waals surface area (Å²) in [5, 5.41) is 3.28. The Morgan fingerprint density at radius 3 is 2.70 bits per heavy atom. The Morgan fingerprint density at radius 2 is 2.20 bits per heavy atom. The van der Waals surface area contributed by atoms with Gasteiger partial charge in [0, 0.05) is 12.5 Å². The van der Waals surface area contributed by atoms with Crippen LogP contribution in [0.3, 0.4) is 0 Å². The van der Waals surface area contributed by atoms with Crippen molar-refractivity contribution in [1.29, 1.82) is 0 Å². The van der Waals surface area contributed by atoms with Gasteiger partial charge in [-0.3, -0.25) is 0 Å². The predicted octanol–water partition coefficient (Wildman–Crippen LogP) is 0.315. The molecule has 0 aliphatic carbocycles. The van der Waals surface area contributed by atoms with Crippen molar-refractivity contribution in [3.63, 3.8) is 0 Å². The van der Waals surface area contributed by atoms with Crippen molar-refractivity contribution in [2.75, 3.05) is 13.1 Å². The molecule has 1 N–H and O–H groups in total. The van der Waals surface area contributed by atoms with Crippen LogP contribution in [0, 0.1) is 5.92 Å². The molecule has 0 bridgehead atoms. The molecular formula is C7H13NO2. The van der Waals surface area contributed by atoms with E-state index in [9.17, 15) is 0 Å². The highest BCUT2D eigenvalue weighted by Crippen LogP contribution is 2.26. The smallest absolute Gasteiger partial charge is 0.167 e. The van der Waals surface area contributed by atoms with Gasteiger partial charge < -0.3 is 14.8 Å². The molecule has 0 radical (unpaired) electrons. The summed E-state index contributed by atoms with van der Waals surface area (Å²) in [6.07, 6.45) is 1.31. The first-order valence-corrected chi connectivity index (χ1v) is 3.88.